The number of amides is 1. The van der Waals surface area contributed by atoms with Crippen LogP contribution in [0.4, 0.5) is 8.78 Å². The van der Waals surface area contributed by atoms with E-state index >= 15 is 4.39 Å². The van der Waals surface area contributed by atoms with Gasteiger partial charge in [-0.1, -0.05) is 23.8 Å². The minimum Gasteiger partial charge on any atom is -0.385 e. The SMILES string of the molecule is CC(=O)NCCCC(O)(c1cccc(F)c1-c1cc(C)ccc1F)[C@@H]1CCCNC1. The van der Waals surface area contributed by atoms with Crippen LogP contribution in [0.2, 0.25) is 0 Å². The van der Waals surface area contributed by atoms with E-state index in [0.29, 0.717) is 31.5 Å². The Bertz CT molecular complexity index is 897. The van der Waals surface area contributed by atoms with Gasteiger partial charge in [0.2, 0.25) is 5.91 Å². The first-order valence-electron chi connectivity index (χ1n) is 10.6. The molecule has 2 aromatic rings. The molecule has 3 N–H and O–H groups in total. The summed E-state index contributed by atoms with van der Waals surface area (Å²) in [5.74, 6) is -1.35. The number of aryl methyl sites for hydroxylation is 1. The fraction of sp³-hybridized carbons (Fsp3) is 0.458. The minimum absolute atomic E-state index is 0.117. The van der Waals surface area contributed by atoms with Crippen LogP contribution in [0.15, 0.2) is 36.4 Å². The third-order valence-electron chi connectivity index (χ3n) is 5.95. The molecule has 2 aromatic carbocycles. The highest BCUT2D eigenvalue weighted by Gasteiger charge is 2.41. The minimum atomic E-state index is -1.35. The van der Waals surface area contributed by atoms with Gasteiger partial charge >= 0.3 is 0 Å². The second-order valence-corrected chi connectivity index (χ2v) is 8.20. The predicted molar refractivity (Wildman–Crippen MR) is 114 cm³/mol. The molecule has 1 aliphatic heterocycles. The van der Waals surface area contributed by atoms with Gasteiger partial charge in [0.05, 0.1) is 5.60 Å². The van der Waals surface area contributed by atoms with Crippen molar-refractivity contribution in [3.63, 3.8) is 0 Å². The van der Waals surface area contributed by atoms with Crippen molar-refractivity contribution < 1.29 is 18.7 Å². The summed E-state index contributed by atoms with van der Waals surface area (Å²) < 4.78 is 29.8. The molecule has 6 heteroatoms. The van der Waals surface area contributed by atoms with E-state index in [0.717, 1.165) is 24.9 Å². The van der Waals surface area contributed by atoms with Gasteiger partial charge in [0.25, 0.3) is 0 Å². The number of carbonyl (C=O) groups excluding carboxylic acids is 1. The number of piperidine rings is 1. The molecule has 1 heterocycles. The normalized spacial score (nSPS) is 18.6. The van der Waals surface area contributed by atoms with Gasteiger partial charge in [-0.05, 0) is 62.9 Å². The smallest absolute Gasteiger partial charge is 0.216 e. The van der Waals surface area contributed by atoms with Gasteiger partial charge in [0, 0.05) is 37.1 Å². The lowest BCUT2D eigenvalue weighted by atomic mass is 9.72. The van der Waals surface area contributed by atoms with Crippen LogP contribution in [0.1, 0.15) is 43.7 Å². The summed E-state index contributed by atoms with van der Waals surface area (Å²) in [4.78, 5) is 11.2. The lowest BCUT2D eigenvalue weighted by Gasteiger charge is -2.40. The number of hydrogen-bond acceptors (Lipinski definition) is 3. The van der Waals surface area contributed by atoms with Crippen LogP contribution < -0.4 is 10.6 Å². The molecule has 1 unspecified atom stereocenters. The summed E-state index contributed by atoms with van der Waals surface area (Å²) in [6, 6.07) is 9.17. The van der Waals surface area contributed by atoms with E-state index in [9.17, 15) is 14.3 Å². The van der Waals surface area contributed by atoms with E-state index in [4.69, 9.17) is 0 Å². The van der Waals surface area contributed by atoms with Crippen LogP contribution in [0.3, 0.4) is 0 Å². The van der Waals surface area contributed by atoms with Crippen LogP contribution in [0.5, 0.6) is 0 Å². The van der Waals surface area contributed by atoms with Crippen LogP contribution in [-0.4, -0.2) is 30.6 Å². The average Bonchev–Trinajstić information content (AvgIpc) is 2.73. The Balaban J connectivity index is 2.07. The molecule has 0 saturated carbocycles. The molecule has 1 amide bonds. The molecular formula is C24H30F2N2O2. The van der Waals surface area contributed by atoms with Crippen molar-refractivity contribution in [1.29, 1.82) is 0 Å². The summed E-state index contributed by atoms with van der Waals surface area (Å²) in [5.41, 5.74) is 0.149. The summed E-state index contributed by atoms with van der Waals surface area (Å²) in [7, 11) is 0. The first-order chi connectivity index (χ1) is 14.3. The molecule has 2 atom stereocenters. The van der Waals surface area contributed by atoms with E-state index in [2.05, 4.69) is 10.6 Å². The lowest BCUT2D eigenvalue weighted by Crippen LogP contribution is -2.45. The zero-order valence-corrected chi connectivity index (χ0v) is 17.6. The first-order valence-corrected chi connectivity index (χ1v) is 10.6. The standard InChI is InChI=1S/C24H30F2N2O2/c1-16-9-10-21(25)19(14-16)23-20(7-3-8-22(23)26)24(30,11-5-13-28-17(2)29)18-6-4-12-27-15-18/h3,7-10,14,18,27,30H,4-6,11-13,15H2,1-2H3,(H,28,29)/t18-,24?/m1/s1. The number of hydrogen-bond donors (Lipinski definition) is 3. The van der Waals surface area contributed by atoms with E-state index in [-0.39, 0.29) is 23.0 Å². The highest BCUT2D eigenvalue weighted by Crippen LogP contribution is 2.43. The van der Waals surface area contributed by atoms with Crippen molar-refractivity contribution in [3.05, 3.63) is 59.2 Å². The molecule has 0 spiro atoms. The van der Waals surface area contributed by atoms with E-state index < -0.39 is 17.2 Å². The Morgan fingerprint density at radius 2 is 2.07 bits per heavy atom. The van der Waals surface area contributed by atoms with Crippen molar-refractivity contribution in [1.82, 2.24) is 10.6 Å². The first kappa shape index (κ1) is 22.4. The Kier molecular flexibility index (Phi) is 7.21. The predicted octanol–water partition coefficient (Wildman–Crippen LogP) is 4.04. The van der Waals surface area contributed by atoms with Crippen molar-refractivity contribution in [2.75, 3.05) is 19.6 Å². The summed E-state index contributed by atoms with van der Waals surface area (Å²) in [6.45, 7) is 5.17. The van der Waals surface area contributed by atoms with Gasteiger partial charge in [-0.2, -0.15) is 0 Å². The third-order valence-corrected chi connectivity index (χ3v) is 5.95. The third kappa shape index (κ3) is 4.87. The Morgan fingerprint density at radius 1 is 1.27 bits per heavy atom. The van der Waals surface area contributed by atoms with Gasteiger partial charge in [-0.15, -0.1) is 0 Å². The van der Waals surface area contributed by atoms with E-state index in [1.54, 1.807) is 24.3 Å². The number of aliphatic hydroxyl groups is 1. The van der Waals surface area contributed by atoms with Gasteiger partial charge in [-0.25, -0.2) is 8.78 Å². The number of benzene rings is 2. The Labute approximate surface area is 176 Å². The van der Waals surface area contributed by atoms with E-state index in [1.165, 1.54) is 19.1 Å². The fourth-order valence-electron chi connectivity index (χ4n) is 4.43. The number of halogens is 2. The second-order valence-electron chi connectivity index (χ2n) is 8.20. The van der Waals surface area contributed by atoms with Crippen LogP contribution in [0, 0.1) is 24.5 Å². The molecule has 1 aliphatic rings. The fourth-order valence-corrected chi connectivity index (χ4v) is 4.43. The zero-order valence-electron chi connectivity index (χ0n) is 17.6. The van der Waals surface area contributed by atoms with Crippen molar-refractivity contribution in [3.8, 4) is 11.1 Å². The van der Waals surface area contributed by atoms with Gasteiger partial charge in [0.1, 0.15) is 11.6 Å². The monoisotopic (exact) mass is 416 g/mol. The molecule has 1 saturated heterocycles. The highest BCUT2D eigenvalue weighted by molar-refractivity contribution is 5.72. The zero-order chi connectivity index (χ0) is 21.7. The maximum atomic E-state index is 15.1. The quantitative estimate of drug-likeness (QED) is 0.597. The molecular weight excluding hydrogens is 386 g/mol. The highest BCUT2D eigenvalue weighted by atomic mass is 19.1. The van der Waals surface area contributed by atoms with Gasteiger partial charge in [-0.3, -0.25) is 4.79 Å². The molecule has 0 radical (unpaired) electrons. The molecule has 3 rings (SSSR count). The Hall–Kier alpha value is -2.31. The van der Waals surface area contributed by atoms with Crippen LogP contribution >= 0.6 is 0 Å². The average molecular weight is 417 g/mol. The summed E-state index contributed by atoms with van der Waals surface area (Å²) >= 11 is 0. The Morgan fingerprint density at radius 3 is 2.77 bits per heavy atom. The van der Waals surface area contributed by atoms with Crippen molar-refractivity contribution >= 4 is 5.91 Å². The van der Waals surface area contributed by atoms with Crippen molar-refractivity contribution in [2.45, 2.75) is 45.1 Å². The molecule has 1 fully saturated rings. The lowest BCUT2D eigenvalue weighted by molar-refractivity contribution is -0.119. The number of nitrogens with one attached hydrogen (secondary N) is 2. The molecule has 0 aromatic heterocycles. The molecule has 0 aliphatic carbocycles. The maximum absolute atomic E-state index is 15.1. The second kappa shape index (κ2) is 9.67. The van der Waals surface area contributed by atoms with E-state index in [1.807, 2.05) is 6.92 Å². The molecule has 162 valence electrons. The number of carbonyl (C=O) groups is 1. The molecule has 30 heavy (non-hydrogen) atoms. The summed E-state index contributed by atoms with van der Waals surface area (Å²) in [6.07, 6.45) is 2.56. The number of rotatable bonds is 7. The van der Waals surface area contributed by atoms with Crippen LogP contribution in [-0.2, 0) is 10.4 Å². The molecule has 0 bridgehead atoms. The largest absolute Gasteiger partial charge is 0.385 e. The molecule has 4 nitrogen and oxygen atoms in total. The summed E-state index contributed by atoms with van der Waals surface area (Å²) in [5, 5.41) is 18.0. The van der Waals surface area contributed by atoms with Crippen LogP contribution in [0.25, 0.3) is 11.1 Å². The van der Waals surface area contributed by atoms with Gasteiger partial charge < -0.3 is 15.7 Å². The van der Waals surface area contributed by atoms with Gasteiger partial charge in [0.15, 0.2) is 0 Å². The maximum Gasteiger partial charge on any atom is 0.216 e. The topological polar surface area (TPSA) is 61.4 Å². The van der Waals surface area contributed by atoms with Crippen molar-refractivity contribution in [2.24, 2.45) is 5.92 Å².